The molecule has 3 rings (SSSR count). The van der Waals surface area contributed by atoms with E-state index in [4.69, 9.17) is 0 Å². The number of aromatic amines is 1. The van der Waals surface area contributed by atoms with Crippen LogP contribution >= 0.6 is 0 Å². The van der Waals surface area contributed by atoms with Crippen LogP contribution in [0.15, 0.2) is 54.6 Å². The molecule has 0 saturated heterocycles. The molecule has 0 spiro atoms. The molecule has 5 nitrogen and oxygen atoms in total. The number of benzene rings is 2. The Morgan fingerprint density at radius 2 is 1.60 bits per heavy atom. The predicted octanol–water partition coefficient (Wildman–Crippen LogP) is 3.42. The van der Waals surface area contributed by atoms with E-state index in [0.717, 1.165) is 28.1 Å². The van der Waals surface area contributed by atoms with Crippen LogP contribution in [0, 0.1) is 11.6 Å². The van der Waals surface area contributed by atoms with Crippen molar-refractivity contribution in [3.63, 3.8) is 0 Å². The summed E-state index contributed by atoms with van der Waals surface area (Å²) in [5.74, 6) is -0.986. The molecule has 30 heavy (non-hydrogen) atoms. The molecule has 2 aromatic carbocycles. The number of hydrogen-bond acceptors (Lipinski definition) is 3. The van der Waals surface area contributed by atoms with Crippen molar-refractivity contribution < 1.29 is 23.8 Å². The number of aryl methyl sites for hydroxylation is 1. The van der Waals surface area contributed by atoms with Crippen LogP contribution in [0.25, 0.3) is 22.5 Å². The van der Waals surface area contributed by atoms with Crippen molar-refractivity contribution in [2.24, 2.45) is 0 Å². The fourth-order valence-corrected chi connectivity index (χ4v) is 3.20. The van der Waals surface area contributed by atoms with Gasteiger partial charge in [-0.05, 0) is 84.6 Å². The van der Waals surface area contributed by atoms with E-state index in [1.165, 1.54) is 31.2 Å². The zero-order valence-corrected chi connectivity index (χ0v) is 16.5. The summed E-state index contributed by atoms with van der Waals surface area (Å²) in [4.78, 5) is 15.6. The van der Waals surface area contributed by atoms with E-state index in [-0.39, 0.29) is 30.6 Å². The molecule has 1 aromatic heterocycles. The predicted molar refractivity (Wildman–Crippen MR) is 111 cm³/mol. The molecule has 1 amide bonds. The highest BCUT2D eigenvalue weighted by Gasteiger charge is 2.18. The Hall–Kier alpha value is -3.03. The normalized spacial score (nSPS) is 13.1. The van der Waals surface area contributed by atoms with Crippen LogP contribution in [0.3, 0.4) is 0 Å². The number of rotatable bonds is 8. The van der Waals surface area contributed by atoms with Crippen molar-refractivity contribution in [1.82, 2.24) is 10.3 Å². The lowest BCUT2D eigenvalue weighted by molar-refractivity contribution is -0.123. The number of H-pyrrole nitrogens is 1. The molecule has 2 atom stereocenters. The lowest BCUT2D eigenvalue weighted by Crippen LogP contribution is -2.44. The molecule has 1 heterocycles. The molecule has 0 fully saturated rings. The SMILES string of the molecule is C[C@@H](O)[C@H](CO)NC(=O)CCc1cc(-c2ccc(F)cc2)[nH]c1-c1ccc(F)cc1. The van der Waals surface area contributed by atoms with Crippen LogP contribution in [0.2, 0.25) is 0 Å². The Bertz CT molecular complexity index is 983. The van der Waals surface area contributed by atoms with E-state index in [2.05, 4.69) is 10.3 Å². The molecule has 0 aliphatic heterocycles. The number of carbonyl (C=O) groups excluding carboxylic acids is 1. The molecule has 0 aliphatic carbocycles. The van der Waals surface area contributed by atoms with Gasteiger partial charge in [-0.3, -0.25) is 4.79 Å². The van der Waals surface area contributed by atoms with Crippen molar-refractivity contribution in [1.29, 1.82) is 0 Å². The van der Waals surface area contributed by atoms with E-state index in [1.54, 1.807) is 24.3 Å². The molecule has 3 aromatic rings. The summed E-state index contributed by atoms with van der Waals surface area (Å²) >= 11 is 0. The molecule has 0 aliphatic rings. The summed E-state index contributed by atoms with van der Waals surface area (Å²) in [6.45, 7) is 1.14. The quantitative estimate of drug-likeness (QED) is 0.456. The summed E-state index contributed by atoms with van der Waals surface area (Å²) in [5.41, 5.74) is 3.88. The van der Waals surface area contributed by atoms with Gasteiger partial charge >= 0.3 is 0 Å². The van der Waals surface area contributed by atoms with Crippen molar-refractivity contribution in [3.8, 4) is 22.5 Å². The smallest absolute Gasteiger partial charge is 0.220 e. The lowest BCUT2D eigenvalue weighted by Gasteiger charge is -2.18. The van der Waals surface area contributed by atoms with Gasteiger partial charge in [0.25, 0.3) is 0 Å². The van der Waals surface area contributed by atoms with Gasteiger partial charge in [0.05, 0.1) is 18.8 Å². The van der Waals surface area contributed by atoms with Crippen LogP contribution in [-0.2, 0) is 11.2 Å². The maximum atomic E-state index is 13.3. The topological polar surface area (TPSA) is 85.3 Å². The number of amides is 1. The van der Waals surface area contributed by atoms with Crippen LogP contribution < -0.4 is 5.32 Å². The summed E-state index contributed by atoms with van der Waals surface area (Å²) in [7, 11) is 0. The molecular formula is C23H24F2N2O3. The fourth-order valence-electron chi connectivity index (χ4n) is 3.20. The van der Waals surface area contributed by atoms with Gasteiger partial charge in [0.1, 0.15) is 11.6 Å². The number of aliphatic hydroxyl groups excluding tert-OH is 2. The van der Waals surface area contributed by atoms with E-state index < -0.39 is 12.1 Å². The highest BCUT2D eigenvalue weighted by molar-refractivity contribution is 5.78. The first-order valence-corrected chi connectivity index (χ1v) is 9.69. The minimum Gasteiger partial charge on any atom is -0.394 e. The Balaban J connectivity index is 1.85. The fraction of sp³-hybridized carbons (Fsp3) is 0.261. The second-order valence-electron chi connectivity index (χ2n) is 7.19. The van der Waals surface area contributed by atoms with Crippen molar-refractivity contribution in [2.75, 3.05) is 6.61 Å². The third kappa shape index (κ3) is 5.31. The van der Waals surface area contributed by atoms with Crippen molar-refractivity contribution in [2.45, 2.75) is 31.9 Å². The average Bonchev–Trinajstić information content (AvgIpc) is 3.15. The molecule has 158 valence electrons. The minimum absolute atomic E-state index is 0.137. The first kappa shape index (κ1) is 21.7. The molecule has 7 heteroatoms. The number of aliphatic hydroxyl groups is 2. The maximum absolute atomic E-state index is 13.3. The van der Waals surface area contributed by atoms with Crippen molar-refractivity contribution in [3.05, 3.63) is 71.8 Å². The van der Waals surface area contributed by atoms with Gasteiger partial charge < -0.3 is 20.5 Å². The molecule has 0 unspecified atom stereocenters. The standard InChI is InChI=1S/C23H24F2N2O3/c1-14(29)21(13-28)26-22(30)11-6-17-12-20(15-2-7-18(24)8-3-15)27-23(17)16-4-9-19(25)10-5-16/h2-5,7-10,12,14,21,27-29H,6,11,13H2,1H3,(H,26,30)/t14-,21+/m1/s1. The van der Waals surface area contributed by atoms with E-state index >= 15 is 0 Å². The maximum Gasteiger partial charge on any atom is 0.220 e. The first-order valence-electron chi connectivity index (χ1n) is 9.69. The Labute approximate surface area is 173 Å². The van der Waals surface area contributed by atoms with Crippen LogP contribution in [0.1, 0.15) is 18.9 Å². The summed E-state index contributed by atoms with van der Waals surface area (Å²) in [6, 6.07) is 13.2. The van der Waals surface area contributed by atoms with Crippen LogP contribution in [0.4, 0.5) is 8.78 Å². The Morgan fingerprint density at radius 3 is 2.13 bits per heavy atom. The number of nitrogens with one attached hydrogen (secondary N) is 2. The van der Waals surface area contributed by atoms with Gasteiger partial charge in [-0.15, -0.1) is 0 Å². The molecular weight excluding hydrogens is 390 g/mol. The van der Waals surface area contributed by atoms with Gasteiger partial charge in [0.15, 0.2) is 0 Å². The summed E-state index contributed by atoms with van der Waals surface area (Å²) in [6.07, 6.45) is -0.349. The number of aromatic nitrogens is 1. The van der Waals surface area contributed by atoms with Crippen molar-refractivity contribution >= 4 is 5.91 Å². The van der Waals surface area contributed by atoms with E-state index in [0.29, 0.717) is 6.42 Å². The second kappa shape index (κ2) is 9.65. The molecule has 0 saturated carbocycles. The van der Waals surface area contributed by atoms with Gasteiger partial charge in [-0.2, -0.15) is 0 Å². The van der Waals surface area contributed by atoms with Gasteiger partial charge in [-0.1, -0.05) is 0 Å². The van der Waals surface area contributed by atoms with E-state index in [1.807, 2.05) is 6.07 Å². The summed E-state index contributed by atoms with van der Waals surface area (Å²) in [5, 5.41) is 21.4. The number of halogens is 2. The van der Waals surface area contributed by atoms with E-state index in [9.17, 15) is 23.8 Å². The highest BCUT2D eigenvalue weighted by atomic mass is 19.1. The second-order valence-corrected chi connectivity index (χ2v) is 7.19. The third-order valence-corrected chi connectivity index (χ3v) is 4.93. The monoisotopic (exact) mass is 414 g/mol. The largest absolute Gasteiger partial charge is 0.394 e. The van der Waals surface area contributed by atoms with Crippen LogP contribution in [-0.4, -0.2) is 39.9 Å². The van der Waals surface area contributed by atoms with Crippen LogP contribution in [0.5, 0.6) is 0 Å². The van der Waals surface area contributed by atoms with Gasteiger partial charge in [-0.25, -0.2) is 8.78 Å². The Morgan fingerprint density at radius 1 is 1.03 bits per heavy atom. The zero-order chi connectivity index (χ0) is 21.7. The first-order chi connectivity index (χ1) is 14.4. The lowest BCUT2D eigenvalue weighted by atomic mass is 10.0. The Kier molecular flexibility index (Phi) is 6.97. The molecule has 4 N–H and O–H groups in total. The molecule has 0 bridgehead atoms. The minimum atomic E-state index is -0.869. The number of carbonyl (C=O) groups is 1. The number of hydrogen-bond donors (Lipinski definition) is 4. The van der Waals surface area contributed by atoms with Gasteiger partial charge in [0.2, 0.25) is 5.91 Å². The third-order valence-electron chi connectivity index (χ3n) is 4.93. The molecule has 0 radical (unpaired) electrons. The highest BCUT2D eigenvalue weighted by Crippen LogP contribution is 2.30. The van der Waals surface area contributed by atoms with Gasteiger partial charge in [0, 0.05) is 17.8 Å². The zero-order valence-electron chi connectivity index (χ0n) is 16.5. The average molecular weight is 414 g/mol. The summed E-state index contributed by atoms with van der Waals surface area (Å²) < 4.78 is 26.6.